The quantitative estimate of drug-likeness (QED) is 0.762. The zero-order chi connectivity index (χ0) is 12.3. The number of hydrogen-bond donors (Lipinski definition) is 0. The van der Waals surface area contributed by atoms with Gasteiger partial charge in [-0.25, -0.2) is 0 Å². The second kappa shape index (κ2) is 5.24. The highest BCUT2D eigenvalue weighted by Gasteiger charge is 2.09. The van der Waals surface area contributed by atoms with Gasteiger partial charge in [0.1, 0.15) is 5.75 Å². The molecule has 0 amide bonds. The van der Waals surface area contributed by atoms with Crippen LogP contribution in [0.2, 0.25) is 5.02 Å². The van der Waals surface area contributed by atoms with Crippen LogP contribution in [0.25, 0.3) is 11.1 Å². The van der Waals surface area contributed by atoms with E-state index in [0.29, 0.717) is 6.61 Å². The maximum Gasteiger partial charge on any atom is 0.122 e. The van der Waals surface area contributed by atoms with Gasteiger partial charge in [-0.1, -0.05) is 41.9 Å². The Balaban J connectivity index is 2.53. The van der Waals surface area contributed by atoms with E-state index in [2.05, 4.69) is 13.0 Å². The van der Waals surface area contributed by atoms with E-state index < -0.39 is 0 Å². The van der Waals surface area contributed by atoms with Gasteiger partial charge in [0.2, 0.25) is 0 Å². The van der Waals surface area contributed by atoms with Gasteiger partial charge in [0.05, 0.1) is 6.61 Å². The van der Waals surface area contributed by atoms with E-state index >= 15 is 0 Å². The highest BCUT2D eigenvalue weighted by atomic mass is 35.5. The molecule has 0 saturated heterocycles. The van der Waals surface area contributed by atoms with E-state index in [1.165, 1.54) is 0 Å². The molecular weight excluding hydrogens is 232 g/mol. The van der Waals surface area contributed by atoms with Gasteiger partial charge in [0.25, 0.3) is 0 Å². The summed E-state index contributed by atoms with van der Waals surface area (Å²) < 4.78 is 5.60. The molecule has 2 aromatic rings. The maximum atomic E-state index is 6.22. The third kappa shape index (κ3) is 2.45. The normalized spacial score (nSPS) is 10.3. The first-order chi connectivity index (χ1) is 8.24. The van der Waals surface area contributed by atoms with Gasteiger partial charge in [0, 0.05) is 10.6 Å². The van der Waals surface area contributed by atoms with Crippen LogP contribution >= 0.6 is 11.6 Å². The Morgan fingerprint density at radius 3 is 2.41 bits per heavy atom. The summed E-state index contributed by atoms with van der Waals surface area (Å²) in [6.45, 7) is 4.72. The molecule has 17 heavy (non-hydrogen) atoms. The SMILES string of the molecule is CCOc1cccc(-c2ccccc2Cl)c1C. The third-order valence-electron chi connectivity index (χ3n) is 2.75. The molecule has 0 fully saturated rings. The van der Waals surface area contributed by atoms with E-state index in [0.717, 1.165) is 27.5 Å². The summed E-state index contributed by atoms with van der Waals surface area (Å²) in [6, 6.07) is 13.9. The van der Waals surface area contributed by atoms with Crippen molar-refractivity contribution in [2.75, 3.05) is 6.61 Å². The Morgan fingerprint density at radius 2 is 1.71 bits per heavy atom. The van der Waals surface area contributed by atoms with Crippen molar-refractivity contribution >= 4 is 11.6 Å². The molecule has 0 aliphatic heterocycles. The number of ether oxygens (including phenoxy) is 1. The van der Waals surface area contributed by atoms with Gasteiger partial charge >= 0.3 is 0 Å². The van der Waals surface area contributed by atoms with E-state index in [4.69, 9.17) is 16.3 Å². The third-order valence-corrected chi connectivity index (χ3v) is 3.08. The minimum Gasteiger partial charge on any atom is -0.494 e. The molecule has 0 aliphatic carbocycles. The van der Waals surface area contributed by atoms with E-state index in [-0.39, 0.29) is 0 Å². The lowest BCUT2D eigenvalue weighted by Gasteiger charge is -2.12. The number of halogens is 1. The molecule has 0 saturated carbocycles. The first kappa shape index (κ1) is 12.0. The number of benzene rings is 2. The smallest absolute Gasteiger partial charge is 0.122 e. The molecular formula is C15H15ClO. The average Bonchev–Trinajstić information content (AvgIpc) is 2.33. The van der Waals surface area contributed by atoms with Gasteiger partial charge < -0.3 is 4.74 Å². The van der Waals surface area contributed by atoms with Gasteiger partial charge in [-0.15, -0.1) is 0 Å². The second-order valence-corrected chi connectivity index (χ2v) is 4.25. The van der Waals surface area contributed by atoms with Crippen molar-refractivity contribution in [3.8, 4) is 16.9 Å². The van der Waals surface area contributed by atoms with Crippen molar-refractivity contribution in [3.05, 3.63) is 53.1 Å². The van der Waals surface area contributed by atoms with Crippen LogP contribution in [-0.2, 0) is 0 Å². The summed E-state index contributed by atoms with van der Waals surface area (Å²) >= 11 is 6.22. The van der Waals surface area contributed by atoms with Crippen LogP contribution in [0, 0.1) is 6.92 Å². The van der Waals surface area contributed by atoms with Crippen molar-refractivity contribution < 1.29 is 4.74 Å². The summed E-state index contributed by atoms with van der Waals surface area (Å²) in [7, 11) is 0. The largest absolute Gasteiger partial charge is 0.494 e. The van der Waals surface area contributed by atoms with Gasteiger partial charge in [-0.05, 0) is 37.1 Å². The van der Waals surface area contributed by atoms with Crippen LogP contribution in [0.5, 0.6) is 5.75 Å². The molecule has 1 nitrogen and oxygen atoms in total. The van der Waals surface area contributed by atoms with Crippen molar-refractivity contribution in [1.29, 1.82) is 0 Å². The van der Waals surface area contributed by atoms with Crippen LogP contribution in [-0.4, -0.2) is 6.61 Å². The highest BCUT2D eigenvalue weighted by molar-refractivity contribution is 6.33. The van der Waals surface area contributed by atoms with Crippen LogP contribution in [0.4, 0.5) is 0 Å². The summed E-state index contributed by atoms with van der Waals surface area (Å²) in [4.78, 5) is 0. The summed E-state index contributed by atoms with van der Waals surface area (Å²) in [6.07, 6.45) is 0. The van der Waals surface area contributed by atoms with Crippen LogP contribution in [0.1, 0.15) is 12.5 Å². The molecule has 2 heteroatoms. The van der Waals surface area contributed by atoms with Crippen LogP contribution < -0.4 is 4.74 Å². The molecule has 88 valence electrons. The lowest BCUT2D eigenvalue weighted by atomic mass is 10.00. The molecule has 0 spiro atoms. The lowest BCUT2D eigenvalue weighted by Crippen LogP contribution is -1.95. The zero-order valence-electron chi connectivity index (χ0n) is 10.0. The Morgan fingerprint density at radius 1 is 1.00 bits per heavy atom. The highest BCUT2D eigenvalue weighted by Crippen LogP contribution is 2.33. The van der Waals surface area contributed by atoms with Crippen molar-refractivity contribution in [3.63, 3.8) is 0 Å². The zero-order valence-corrected chi connectivity index (χ0v) is 10.8. The predicted molar refractivity (Wildman–Crippen MR) is 72.8 cm³/mol. The lowest BCUT2D eigenvalue weighted by molar-refractivity contribution is 0.338. The average molecular weight is 247 g/mol. The second-order valence-electron chi connectivity index (χ2n) is 3.84. The van der Waals surface area contributed by atoms with Gasteiger partial charge in [-0.2, -0.15) is 0 Å². The Kier molecular flexibility index (Phi) is 3.70. The minimum atomic E-state index is 0.673. The Hall–Kier alpha value is -1.47. The number of hydrogen-bond acceptors (Lipinski definition) is 1. The van der Waals surface area contributed by atoms with E-state index in [9.17, 15) is 0 Å². The van der Waals surface area contributed by atoms with Gasteiger partial charge in [0.15, 0.2) is 0 Å². The maximum absolute atomic E-state index is 6.22. The van der Waals surface area contributed by atoms with Crippen molar-refractivity contribution in [2.24, 2.45) is 0 Å². The molecule has 2 rings (SSSR count). The van der Waals surface area contributed by atoms with Crippen LogP contribution in [0.15, 0.2) is 42.5 Å². The summed E-state index contributed by atoms with van der Waals surface area (Å²) in [5.74, 6) is 0.921. The number of rotatable bonds is 3. The molecule has 0 radical (unpaired) electrons. The molecule has 0 atom stereocenters. The first-order valence-electron chi connectivity index (χ1n) is 5.71. The molecule has 0 bridgehead atoms. The van der Waals surface area contributed by atoms with Crippen LogP contribution in [0.3, 0.4) is 0 Å². The molecule has 2 aromatic carbocycles. The summed E-state index contributed by atoms with van der Waals surface area (Å²) in [5.41, 5.74) is 3.30. The molecule has 0 heterocycles. The minimum absolute atomic E-state index is 0.673. The molecule has 0 N–H and O–H groups in total. The fourth-order valence-corrected chi connectivity index (χ4v) is 2.14. The molecule has 0 unspecified atom stereocenters. The first-order valence-corrected chi connectivity index (χ1v) is 6.09. The van der Waals surface area contributed by atoms with Crippen molar-refractivity contribution in [1.82, 2.24) is 0 Å². The van der Waals surface area contributed by atoms with E-state index in [1.807, 2.05) is 43.3 Å². The fourth-order valence-electron chi connectivity index (χ4n) is 1.90. The van der Waals surface area contributed by atoms with Crippen molar-refractivity contribution in [2.45, 2.75) is 13.8 Å². The topological polar surface area (TPSA) is 9.23 Å². The standard InChI is InChI=1S/C15H15ClO/c1-3-17-15-10-6-8-12(11(15)2)13-7-4-5-9-14(13)16/h4-10H,3H2,1-2H3. The Labute approximate surface area is 107 Å². The molecule has 0 aromatic heterocycles. The monoisotopic (exact) mass is 246 g/mol. The summed E-state index contributed by atoms with van der Waals surface area (Å²) in [5, 5.41) is 0.768. The fraction of sp³-hybridized carbons (Fsp3) is 0.200. The predicted octanol–water partition coefficient (Wildman–Crippen LogP) is 4.71. The molecule has 0 aliphatic rings. The van der Waals surface area contributed by atoms with Gasteiger partial charge in [-0.3, -0.25) is 0 Å². The van der Waals surface area contributed by atoms with E-state index in [1.54, 1.807) is 0 Å². The Bertz CT molecular complexity index is 520.